The first-order valence-corrected chi connectivity index (χ1v) is 35.9. The van der Waals surface area contributed by atoms with Crippen molar-refractivity contribution in [2.24, 2.45) is 109 Å². The summed E-state index contributed by atoms with van der Waals surface area (Å²) in [6, 6.07) is -0.606. The van der Waals surface area contributed by atoms with Crippen molar-refractivity contribution in [2.45, 2.75) is 210 Å². The number of aromatic amines is 2. The summed E-state index contributed by atoms with van der Waals surface area (Å²) in [5.41, 5.74) is 1.62. The quantitative estimate of drug-likeness (QED) is 0.0335. The first-order chi connectivity index (χ1) is 45.0. The number of amides is 1. The molecule has 7 saturated carbocycles. The number of carbonyl (C=O) groups excluding carboxylic acids is 2. The van der Waals surface area contributed by atoms with Crippen LogP contribution in [0, 0.1) is 103 Å². The van der Waals surface area contributed by atoms with Crippen molar-refractivity contribution in [3.8, 4) is 0 Å². The summed E-state index contributed by atoms with van der Waals surface area (Å²) in [6.07, 6.45) is 13.5. The van der Waals surface area contributed by atoms with Crippen molar-refractivity contribution in [3.63, 3.8) is 0 Å². The summed E-state index contributed by atoms with van der Waals surface area (Å²) in [6.45, 7) is 9.58. The van der Waals surface area contributed by atoms with E-state index in [1.54, 1.807) is 18.9 Å². The van der Waals surface area contributed by atoms with Crippen LogP contribution >= 0.6 is 0 Å². The van der Waals surface area contributed by atoms with Crippen molar-refractivity contribution in [1.29, 1.82) is 0 Å². The average Bonchev–Trinajstić information content (AvgIpc) is 0.649. The summed E-state index contributed by atoms with van der Waals surface area (Å²) in [4.78, 5) is 58.2. The number of anilines is 1. The van der Waals surface area contributed by atoms with Gasteiger partial charge >= 0.3 is 5.97 Å². The Morgan fingerprint density at radius 3 is 2.43 bits per heavy atom. The van der Waals surface area contributed by atoms with Crippen LogP contribution in [0.1, 0.15) is 148 Å². The highest BCUT2D eigenvalue weighted by Gasteiger charge is 2.81. The van der Waals surface area contributed by atoms with Gasteiger partial charge in [-0.3, -0.25) is 9.59 Å². The minimum atomic E-state index is -1.72. The van der Waals surface area contributed by atoms with Crippen LogP contribution in [0.5, 0.6) is 0 Å². The molecule has 9 fully saturated rings. The second-order valence-electron chi connectivity index (χ2n) is 33.1. The van der Waals surface area contributed by atoms with Gasteiger partial charge < -0.3 is 97.2 Å². The second-order valence-corrected chi connectivity index (χ2v) is 33.1. The van der Waals surface area contributed by atoms with Crippen LogP contribution in [-0.2, 0) is 35.7 Å². The fraction of sp³-hybridized carbons (Fsp3) is 0.817. The molecule has 9 aliphatic carbocycles. The zero-order valence-electron chi connectivity index (χ0n) is 55.4. The van der Waals surface area contributed by atoms with E-state index in [0.29, 0.717) is 89.0 Å². The van der Waals surface area contributed by atoms with Gasteiger partial charge in [0.05, 0.1) is 72.2 Å². The van der Waals surface area contributed by atoms with E-state index in [1.165, 1.54) is 5.57 Å². The highest BCUT2D eigenvalue weighted by atomic mass is 16.7. The molecule has 14 rings (SSSR count). The molecule has 0 radical (unpaired) electrons. The lowest BCUT2D eigenvalue weighted by atomic mass is 9.25. The lowest BCUT2D eigenvalue weighted by molar-refractivity contribution is -0.350. The van der Waals surface area contributed by atoms with Gasteiger partial charge in [-0.25, -0.2) is 9.97 Å². The molecule has 1 spiro atoms. The SMILES string of the molecule is CC1(CO)CCC2(C(=O)O)C(C1)C1=CC3CCCC4(CCC5C(C)(CO)C(OC6OCC(O)C(O)C6O)C(O)C(C6C=CC(c7cnc[nH]7)(C(O)C(CNCCNC7CCCC(CC=O)C7)C(N)O)C7NC(=O)C8(CCCC8)C67)C5(C)C34)C1(C)C1Cc3[nH]cnc3NCC12. The number of nitrogens with one attached hydrogen (secondary N) is 6. The summed E-state index contributed by atoms with van der Waals surface area (Å²) in [5.74, 6) is -4.75. The van der Waals surface area contributed by atoms with Crippen LogP contribution in [0.4, 0.5) is 5.82 Å². The van der Waals surface area contributed by atoms with Gasteiger partial charge in [-0.15, -0.1) is 0 Å². The molecule has 28 atom stereocenters. The molecular formula is C71H107N9O14. The Bertz CT molecular complexity index is 3180. The molecule has 2 bridgehead atoms. The number of aliphatic hydroxyl groups is 8. The third-order valence-electron chi connectivity index (χ3n) is 29.4. The summed E-state index contributed by atoms with van der Waals surface area (Å²) < 4.78 is 13.1. The van der Waals surface area contributed by atoms with Crippen LogP contribution in [0.2, 0.25) is 0 Å². The molecule has 520 valence electrons. The predicted octanol–water partition coefficient (Wildman–Crippen LogP) is 3.18. The third-order valence-corrected chi connectivity index (χ3v) is 29.4. The summed E-state index contributed by atoms with van der Waals surface area (Å²) in [5, 5.41) is 124. The molecule has 2 aromatic heterocycles. The number of carbonyl (C=O) groups is 3. The second kappa shape index (κ2) is 24.6. The molecule has 23 nitrogen and oxygen atoms in total. The average molecular weight is 1310 g/mol. The molecule has 12 aliphatic rings. The number of H-pyrrole nitrogens is 2. The van der Waals surface area contributed by atoms with Crippen molar-refractivity contribution in [3.05, 3.63) is 54.0 Å². The first kappa shape index (κ1) is 67.0. The number of allylic oxidation sites excluding steroid dienone is 3. The predicted molar refractivity (Wildman–Crippen MR) is 344 cm³/mol. The normalized spacial score (nSPS) is 47.5. The molecule has 2 saturated heterocycles. The number of imidazole rings is 2. The number of carboxylic acids is 1. The number of fused-ring (bicyclic) bond motifs is 10. The zero-order valence-corrected chi connectivity index (χ0v) is 55.4. The molecule has 5 heterocycles. The maximum absolute atomic E-state index is 15.9. The number of aldehydes is 1. The largest absolute Gasteiger partial charge is 0.481 e. The number of aliphatic hydroxyl groups excluding tert-OH is 8. The Labute approximate surface area is 551 Å². The number of rotatable bonds is 18. The third kappa shape index (κ3) is 9.58. The van der Waals surface area contributed by atoms with Crippen LogP contribution in [0.25, 0.3) is 0 Å². The molecule has 2 aromatic rings. The summed E-state index contributed by atoms with van der Waals surface area (Å²) >= 11 is 0. The van der Waals surface area contributed by atoms with E-state index in [4.69, 9.17) is 20.2 Å². The number of nitrogens with two attached hydrogens (primary N) is 1. The lowest BCUT2D eigenvalue weighted by Gasteiger charge is -2.78. The maximum atomic E-state index is 15.9. The van der Waals surface area contributed by atoms with Gasteiger partial charge in [0.2, 0.25) is 5.91 Å². The van der Waals surface area contributed by atoms with Crippen molar-refractivity contribution >= 4 is 24.0 Å². The molecule has 94 heavy (non-hydrogen) atoms. The molecule has 17 N–H and O–H groups in total. The van der Waals surface area contributed by atoms with Crippen LogP contribution in [-0.4, -0.2) is 191 Å². The fourth-order valence-corrected chi connectivity index (χ4v) is 25.2. The Morgan fingerprint density at radius 2 is 1.70 bits per heavy atom. The molecule has 0 aromatic carbocycles. The number of hydrogen-bond acceptors (Lipinski definition) is 19. The van der Waals surface area contributed by atoms with Crippen molar-refractivity contribution in [2.75, 3.05) is 51.3 Å². The van der Waals surface area contributed by atoms with Gasteiger partial charge in [0.25, 0.3) is 0 Å². The van der Waals surface area contributed by atoms with Crippen LogP contribution in [0.15, 0.2) is 42.7 Å². The van der Waals surface area contributed by atoms with Gasteiger partial charge in [-0.05, 0) is 158 Å². The van der Waals surface area contributed by atoms with Crippen molar-refractivity contribution in [1.82, 2.24) is 35.9 Å². The fourth-order valence-electron chi connectivity index (χ4n) is 25.2. The molecule has 3 aliphatic heterocycles. The Hall–Kier alpha value is -4.21. The van der Waals surface area contributed by atoms with E-state index in [1.807, 2.05) is 13.0 Å². The number of aliphatic carboxylic acids is 1. The molecular weight excluding hydrogens is 1200 g/mol. The monoisotopic (exact) mass is 1310 g/mol. The number of ether oxygens (including phenoxy) is 2. The van der Waals surface area contributed by atoms with E-state index in [0.717, 1.165) is 75.6 Å². The molecule has 23 heteroatoms. The topological polar surface area (TPSA) is 383 Å². The number of hydrogen-bond donors (Lipinski definition) is 16. The summed E-state index contributed by atoms with van der Waals surface area (Å²) in [7, 11) is 0. The van der Waals surface area contributed by atoms with Crippen LogP contribution in [0.3, 0.4) is 0 Å². The minimum absolute atomic E-state index is 0.0745. The number of aromatic nitrogens is 4. The van der Waals surface area contributed by atoms with E-state index in [2.05, 4.69) is 69.1 Å². The van der Waals surface area contributed by atoms with Gasteiger partial charge in [0.1, 0.15) is 36.6 Å². The Balaban J connectivity index is 0.936. The van der Waals surface area contributed by atoms with E-state index in [9.17, 15) is 55.5 Å². The number of nitrogens with zero attached hydrogens (tertiary/aromatic N) is 2. The molecule has 28 unspecified atom stereocenters. The van der Waals surface area contributed by atoms with Gasteiger partial charge in [-0.1, -0.05) is 77.2 Å². The van der Waals surface area contributed by atoms with E-state index < -0.39 is 147 Å². The van der Waals surface area contributed by atoms with E-state index in [-0.39, 0.29) is 55.4 Å². The van der Waals surface area contributed by atoms with Gasteiger partial charge in [-0.2, -0.15) is 0 Å². The maximum Gasteiger partial charge on any atom is 0.310 e. The van der Waals surface area contributed by atoms with Crippen molar-refractivity contribution < 1.29 is 69.8 Å². The molecule has 1 amide bonds. The zero-order chi connectivity index (χ0) is 66.3. The van der Waals surface area contributed by atoms with Gasteiger partial charge in [0.15, 0.2) is 6.29 Å². The standard InChI is InChI=1S/C71H107N9O14/c1-64(33-82)20-21-70(63(91)92)44(28-64)42-26-38-10-8-17-69(67(42,4)43-27-46-60(79-36-77-46)76-30-45(43)70)18-13-48-65(2,34-83)58(94-61-54(87)52(85)47(84)32-93-61)53(86)50(66(48,3)55(38)69)40-12-19-71(49-31-74-35-78-49,56-51(40)68(62(90)80-56)15-5-6-16-68)57(88)41(59(72)89)29-73-22-23-75-39-11-7-9-37(25-39)14-24-81/h12,19,24,26,31,35-41,43-45,47-48,50-59,61,73,75-76,82-89H,5-11,13-18,20-23,25,27-30,32-34,72H2,1-4H3,(H,74,78)(H,77,79)(H,80,90)(H,91,92). The highest BCUT2D eigenvalue weighted by molar-refractivity contribution is 5.87. The first-order valence-electron chi connectivity index (χ1n) is 35.9. The minimum Gasteiger partial charge on any atom is -0.481 e. The smallest absolute Gasteiger partial charge is 0.310 e. The highest BCUT2D eigenvalue weighted by Crippen LogP contribution is 2.83. The number of carboxylic acid groups (broad SMARTS) is 1. The Morgan fingerprint density at radius 1 is 0.904 bits per heavy atom. The lowest BCUT2D eigenvalue weighted by Crippen LogP contribution is -2.77. The van der Waals surface area contributed by atoms with Gasteiger partial charge in [0, 0.05) is 74.4 Å². The Kier molecular flexibility index (Phi) is 17.5. The van der Waals surface area contributed by atoms with E-state index >= 15 is 4.79 Å². The van der Waals surface area contributed by atoms with Crippen LogP contribution < -0.4 is 27.0 Å².